The van der Waals surface area contributed by atoms with Crippen molar-refractivity contribution >= 4 is 39.8 Å². The van der Waals surface area contributed by atoms with Crippen molar-refractivity contribution in [1.82, 2.24) is 24.8 Å². The van der Waals surface area contributed by atoms with Crippen LogP contribution in [0.15, 0.2) is 36.8 Å². The summed E-state index contributed by atoms with van der Waals surface area (Å²) in [4.78, 5) is 20.9. The van der Waals surface area contributed by atoms with E-state index >= 15 is 0 Å². The van der Waals surface area contributed by atoms with E-state index in [2.05, 4.69) is 37.0 Å². The van der Waals surface area contributed by atoms with Crippen LogP contribution in [0.5, 0.6) is 0 Å². The maximum absolute atomic E-state index is 13.5. The molecule has 1 aromatic carbocycles. The normalized spacial score (nSPS) is 18.9. The van der Waals surface area contributed by atoms with Crippen LogP contribution in [0, 0.1) is 5.82 Å². The van der Waals surface area contributed by atoms with E-state index in [4.69, 9.17) is 16.6 Å². The maximum Gasteiger partial charge on any atom is 0.143 e. The van der Waals surface area contributed by atoms with Gasteiger partial charge in [-0.3, -0.25) is 4.90 Å². The zero-order valence-electron chi connectivity index (χ0n) is 18.1. The van der Waals surface area contributed by atoms with Crippen LogP contribution < -0.4 is 10.2 Å². The van der Waals surface area contributed by atoms with Crippen LogP contribution in [-0.2, 0) is 0 Å². The molecule has 0 atom stereocenters. The Kier molecular flexibility index (Phi) is 6.08. The van der Waals surface area contributed by atoms with Gasteiger partial charge in [0.25, 0.3) is 0 Å². The highest BCUT2D eigenvalue weighted by molar-refractivity contribution is 6.31. The number of nitrogens with zero attached hydrogens (tertiary/aromatic N) is 6. The Hall–Kier alpha value is -2.55. The number of pyridine rings is 1. The third-order valence-electron chi connectivity index (χ3n) is 6.53. The van der Waals surface area contributed by atoms with Crippen molar-refractivity contribution in [2.75, 3.05) is 56.5 Å². The van der Waals surface area contributed by atoms with Gasteiger partial charge < -0.3 is 15.1 Å². The van der Waals surface area contributed by atoms with Gasteiger partial charge in [0.05, 0.1) is 15.9 Å². The average molecular weight is 456 g/mol. The summed E-state index contributed by atoms with van der Waals surface area (Å²) >= 11 is 5.90. The van der Waals surface area contributed by atoms with E-state index in [9.17, 15) is 4.39 Å². The Morgan fingerprint density at radius 3 is 2.53 bits per heavy atom. The molecule has 2 fully saturated rings. The molecule has 32 heavy (non-hydrogen) atoms. The summed E-state index contributed by atoms with van der Waals surface area (Å²) in [5, 5.41) is 4.07. The lowest BCUT2D eigenvalue weighted by Crippen LogP contribution is -2.52. The Balaban J connectivity index is 1.28. The molecule has 0 aliphatic carbocycles. The van der Waals surface area contributed by atoms with Crippen molar-refractivity contribution in [2.45, 2.75) is 18.9 Å². The highest BCUT2D eigenvalue weighted by Gasteiger charge is 2.27. The summed E-state index contributed by atoms with van der Waals surface area (Å²) in [7, 11) is 2.20. The predicted molar refractivity (Wildman–Crippen MR) is 126 cm³/mol. The summed E-state index contributed by atoms with van der Waals surface area (Å²) in [6.45, 7) is 6.65. The fourth-order valence-electron chi connectivity index (χ4n) is 4.57. The van der Waals surface area contributed by atoms with Gasteiger partial charge in [-0.15, -0.1) is 0 Å². The molecule has 0 spiro atoms. The van der Waals surface area contributed by atoms with E-state index in [0.29, 0.717) is 17.5 Å². The largest absolute Gasteiger partial charge is 0.356 e. The average Bonchev–Trinajstić information content (AvgIpc) is 2.82. The van der Waals surface area contributed by atoms with Crippen molar-refractivity contribution in [3.8, 4) is 0 Å². The number of hydrogen-bond acceptors (Lipinski definition) is 7. The molecule has 0 bridgehead atoms. The van der Waals surface area contributed by atoms with Gasteiger partial charge in [-0.25, -0.2) is 19.3 Å². The first-order chi connectivity index (χ1) is 15.6. The first-order valence-electron chi connectivity index (χ1n) is 11.1. The SMILES string of the molecule is CN1CCN(C2CCN(c3cc4ncnc(Nc5ccc(F)c(Cl)c5)c4cn3)CC2)CC1. The molecular weight excluding hydrogens is 429 g/mol. The number of aromatic nitrogens is 3. The van der Waals surface area contributed by atoms with E-state index in [1.165, 1.54) is 31.5 Å². The number of piperazine rings is 1. The molecule has 0 saturated carbocycles. The van der Waals surface area contributed by atoms with E-state index in [0.717, 1.165) is 55.7 Å². The van der Waals surface area contributed by atoms with Crippen LogP contribution in [0.1, 0.15) is 12.8 Å². The number of benzene rings is 1. The number of hydrogen-bond donors (Lipinski definition) is 1. The Morgan fingerprint density at radius 2 is 1.78 bits per heavy atom. The zero-order chi connectivity index (χ0) is 22.1. The first-order valence-corrected chi connectivity index (χ1v) is 11.4. The monoisotopic (exact) mass is 455 g/mol. The van der Waals surface area contributed by atoms with Gasteiger partial charge >= 0.3 is 0 Å². The molecule has 168 valence electrons. The standard InChI is InChI=1S/C23H27ClFN7/c1-30-8-10-31(11-9-30)17-4-6-32(7-5-17)22-13-21-18(14-26-22)23(28-15-27-21)29-16-2-3-20(25)19(24)12-16/h2-3,12-15,17H,4-11H2,1H3,(H,27,28,29). The third kappa shape index (κ3) is 4.48. The van der Waals surface area contributed by atoms with Gasteiger partial charge in [-0.1, -0.05) is 11.6 Å². The molecule has 2 saturated heterocycles. The molecule has 9 heteroatoms. The molecule has 2 aromatic heterocycles. The number of halogens is 2. The summed E-state index contributed by atoms with van der Waals surface area (Å²) in [6.07, 6.45) is 5.65. The second-order valence-electron chi connectivity index (χ2n) is 8.59. The molecule has 2 aliphatic rings. The third-order valence-corrected chi connectivity index (χ3v) is 6.82. The number of nitrogens with one attached hydrogen (secondary N) is 1. The molecule has 5 rings (SSSR count). The van der Waals surface area contributed by atoms with Crippen molar-refractivity contribution in [2.24, 2.45) is 0 Å². The minimum absolute atomic E-state index is 0.0637. The maximum atomic E-state index is 13.5. The van der Waals surface area contributed by atoms with Crippen molar-refractivity contribution < 1.29 is 4.39 Å². The molecule has 2 aliphatic heterocycles. The van der Waals surface area contributed by atoms with Crippen LogP contribution >= 0.6 is 11.6 Å². The molecular formula is C23H27ClFN7. The second kappa shape index (κ2) is 9.13. The fourth-order valence-corrected chi connectivity index (χ4v) is 4.75. The van der Waals surface area contributed by atoms with Gasteiger partial charge in [0, 0.05) is 63.3 Å². The fraction of sp³-hybridized carbons (Fsp3) is 0.435. The first kappa shape index (κ1) is 21.3. The molecule has 4 heterocycles. The number of rotatable bonds is 4. The van der Waals surface area contributed by atoms with Crippen LogP contribution in [0.3, 0.4) is 0 Å². The highest BCUT2D eigenvalue weighted by Crippen LogP contribution is 2.28. The van der Waals surface area contributed by atoms with Crippen molar-refractivity contribution in [3.05, 3.63) is 47.6 Å². The molecule has 1 N–H and O–H groups in total. The van der Waals surface area contributed by atoms with E-state index < -0.39 is 5.82 Å². The Labute approximate surface area is 192 Å². The Bertz CT molecular complexity index is 1090. The number of anilines is 3. The minimum atomic E-state index is -0.451. The topological polar surface area (TPSA) is 60.4 Å². The number of likely N-dealkylation sites (N-methyl/N-ethyl adjacent to an activating group) is 1. The van der Waals surface area contributed by atoms with Gasteiger partial charge in [0.1, 0.15) is 23.8 Å². The summed E-state index contributed by atoms with van der Waals surface area (Å²) in [5.41, 5.74) is 1.48. The molecule has 7 nitrogen and oxygen atoms in total. The van der Waals surface area contributed by atoms with Crippen LogP contribution in [-0.4, -0.2) is 77.1 Å². The van der Waals surface area contributed by atoms with Crippen molar-refractivity contribution in [3.63, 3.8) is 0 Å². The lowest BCUT2D eigenvalue weighted by Gasteiger charge is -2.42. The number of piperidine rings is 1. The predicted octanol–water partition coefficient (Wildman–Crippen LogP) is 3.78. The zero-order valence-corrected chi connectivity index (χ0v) is 18.9. The lowest BCUT2D eigenvalue weighted by molar-refractivity contribution is 0.0981. The summed E-state index contributed by atoms with van der Waals surface area (Å²) < 4.78 is 13.5. The van der Waals surface area contributed by atoms with Crippen LogP contribution in [0.25, 0.3) is 10.9 Å². The number of fused-ring (bicyclic) bond motifs is 1. The van der Waals surface area contributed by atoms with E-state index in [-0.39, 0.29) is 5.02 Å². The smallest absolute Gasteiger partial charge is 0.143 e. The quantitative estimate of drug-likeness (QED) is 0.642. The van der Waals surface area contributed by atoms with Crippen LogP contribution in [0.4, 0.5) is 21.7 Å². The summed E-state index contributed by atoms with van der Waals surface area (Å²) in [5.74, 6) is 1.11. The van der Waals surface area contributed by atoms with E-state index in [1.807, 2.05) is 12.3 Å². The van der Waals surface area contributed by atoms with Gasteiger partial charge in [-0.05, 0) is 38.1 Å². The molecule has 3 aromatic rings. The van der Waals surface area contributed by atoms with Gasteiger partial charge in [-0.2, -0.15) is 0 Å². The van der Waals surface area contributed by atoms with Crippen molar-refractivity contribution in [1.29, 1.82) is 0 Å². The highest BCUT2D eigenvalue weighted by atomic mass is 35.5. The second-order valence-corrected chi connectivity index (χ2v) is 9.00. The molecule has 0 radical (unpaired) electrons. The lowest BCUT2D eigenvalue weighted by atomic mass is 10.0. The molecule has 0 unspecified atom stereocenters. The van der Waals surface area contributed by atoms with Crippen LogP contribution in [0.2, 0.25) is 5.02 Å². The Morgan fingerprint density at radius 1 is 1.00 bits per heavy atom. The van der Waals surface area contributed by atoms with Gasteiger partial charge in [0.2, 0.25) is 0 Å². The summed E-state index contributed by atoms with van der Waals surface area (Å²) in [6, 6.07) is 7.19. The minimum Gasteiger partial charge on any atom is -0.356 e. The van der Waals surface area contributed by atoms with E-state index in [1.54, 1.807) is 6.07 Å². The van der Waals surface area contributed by atoms with Gasteiger partial charge in [0.15, 0.2) is 0 Å². The molecule has 0 amide bonds.